The Morgan fingerprint density at radius 1 is 1.03 bits per heavy atom. The summed E-state index contributed by atoms with van der Waals surface area (Å²) in [6.07, 6.45) is 0. The Hall–Kier alpha value is -3.13. The molecular weight excluding hydrogens is 392 g/mol. The number of carbonyl (C=O) groups excluding carboxylic acids is 2. The Bertz CT molecular complexity index is 1160. The molecule has 0 unspecified atom stereocenters. The summed E-state index contributed by atoms with van der Waals surface area (Å²) in [6.45, 7) is 3.95. The number of thiazole rings is 1. The summed E-state index contributed by atoms with van der Waals surface area (Å²) in [5.74, 6) is 0.117. The summed E-state index contributed by atoms with van der Waals surface area (Å²) in [7, 11) is 4.37. The van der Waals surface area contributed by atoms with Gasteiger partial charge in [0.05, 0.1) is 31.5 Å². The largest absolute Gasteiger partial charge is 0.493 e. The van der Waals surface area contributed by atoms with Crippen LogP contribution in [0.15, 0.2) is 35.3 Å². The van der Waals surface area contributed by atoms with E-state index in [2.05, 4.69) is 11.1 Å². The standard InChI is InChI=1S/C21H22N2O5S/c1-12-8-13(2)19-15(9-12)23(11-18(24)28-5)21(29-19)22-20(25)14-6-7-16(26-3)17(10-14)27-4/h6-10H,11H2,1-5H3. The minimum Gasteiger partial charge on any atom is -0.493 e. The van der Waals surface area contributed by atoms with Crippen LogP contribution in [0.3, 0.4) is 0 Å². The number of rotatable bonds is 5. The van der Waals surface area contributed by atoms with Gasteiger partial charge in [-0.1, -0.05) is 17.4 Å². The van der Waals surface area contributed by atoms with E-state index in [9.17, 15) is 9.59 Å². The van der Waals surface area contributed by atoms with Crippen LogP contribution in [0.25, 0.3) is 10.2 Å². The molecule has 0 N–H and O–H groups in total. The molecule has 29 heavy (non-hydrogen) atoms. The zero-order valence-electron chi connectivity index (χ0n) is 16.9. The summed E-state index contributed by atoms with van der Waals surface area (Å²) in [6, 6.07) is 8.89. The normalized spacial score (nSPS) is 11.6. The van der Waals surface area contributed by atoms with Crippen LogP contribution in [0, 0.1) is 13.8 Å². The third-order valence-corrected chi connectivity index (χ3v) is 5.69. The molecule has 1 aromatic heterocycles. The van der Waals surface area contributed by atoms with E-state index in [1.165, 1.54) is 32.7 Å². The zero-order valence-corrected chi connectivity index (χ0v) is 17.8. The Morgan fingerprint density at radius 3 is 2.41 bits per heavy atom. The van der Waals surface area contributed by atoms with E-state index in [1.54, 1.807) is 22.8 Å². The second-order valence-electron chi connectivity index (χ2n) is 6.46. The van der Waals surface area contributed by atoms with Gasteiger partial charge in [-0.15, -0.1) is 0 Å². The smallest absolute Gasteiger partial charge is 0.325 e. The Labute approximate surface area is 172 Å². The van der Waals surface area contributed by atoms with Gasteiger partial charge >= 0.3 is 5.97 Å². The number of methoxy groups -OCH3 is 3. The van der Waals surface area contributed by atoms with E-state index < -0.39 is 11.9 Å². The van der Waals surface area contributed by atoms with Crippen molar-refractivity contribution < 1.29 is 23.8 Å². The summed E-state index contributed by atoms with van der Waals surface area (Å²) in [5, 5.41) is 0. The van der Waals surface area contributed by atoms with Gasteiger partial charge in [-0.05, 0) is 49.2 Å². The Kier molecular flexibility index (Phi) is 6.03. The molecule has 1 heterocycles. The number of ether oxygens (including phenoxy) is 3. The lowest BCUT2D eigenvalue weighted by molar-refractivity contribution is -0.141. The first-order chi connectivity index (χ1) is 13.9. The van der Waals surface area contributed by atoms with Crippen molar-refractivity contribution in [3.05, 3.63) is 51.8 Å². The molecule has 7 nitrogen and oxygen atoms in total. The highest BCUT2D eigenvalue weighted by atomic mass is 32.1. The lowest BCUT2D eigenvalue weighted by Gasteiger charge is -2.08. The molecule has 0 aliphatic carbocycles. The highest BCUT2D eigenvalue weighted by Gasteiger charge is 2.15. The molecule has 2 aromatic carbocycles. The van der Waals surface area contributed by atoms with Crippen molar-refractivity contribution in [3.8, 4) is 11.5 Å². The molecule has 0 atom stereocenters. The summed E-state index contributed by atoms with van der Waals surface area (Å²) in [4.78, 5) is 29.5. The number of benzene rings is 2. The fourth-order valence-electron chi connectivity index (χ4n) is 3.06. The van der Waals surface area contributed by atoms with Gasteiger partial charge in [0, 0.05) is 5.56 Å². The van der Waals surface area contributed by atoms with Gasteiger partial charge in [-0.25, -0.2) is 0 Å². The van der Waals surface area contributed by atoms with Gasteiger partial charge in [0.15, 0.2) is 16.3 Å². The molecule has 8 heteroatoms. The molecule has 0 spiro atoms. The quantitative estimate of drug-likeness (QED) is 0.599. The average molecular weight is 414 g/mol. The van der Waals surface area contributed by atoms with Crippen LogP contribution in [-0.4, -0.2) is 37.8 Å². The lowest BCUT2D eigenvalue weighted by Crippen LogP contribution is -2.22. The number of fused-ring (bicyclic) bond motifs is 1. The van der Waals surface area contributed by atoms with Crippen molar-refractivity contribution in [2.24, 2.45) is 4.99 Å². The van der Waals surface area contributed by atoms with Crippen molar-refractivity contribution in [2.75, 3.05) is 21.3 Å². The number of esters is 1. The number of aromatic nitrogens is 1. The number of hydrogen-bond acceptors (Lipinski definition) is 6. The van der Waals surface area contributed by atoms with Crippen LogP contribution in [0.2, 0.25) is 0 Å². The van der Waals surface area contributed by atoms with Crippen molar-refractivity contribution in [1.29, 1.82) is 0 Å². The monoisotopic (exact) mass is 414 g/mol. The number of amides is 1. The van der Waals surface area contributed by atoms with Crippen LogP contribution < -0.4 is 14.3 Å². The Morgan fingerprint density at radius 2 is 1.76 bits per heavy atom. The summed E-state index contributed by atoms with van der Waals surface area (Å²) < 4.78 is 18.0. The second-order valence-corrected chi connectivity index (χ2v) is 7.44. The fourth-order valence-corrected chi connectivity index (χ4v) is 4.14. The van der Waals surface area contributed by atoms with Crippen LogP contribution in [0.5, 0.6) is 11.5 Å². The highest BCUT2D eigenvalue weighted by Crippen LogP contribution is 2.28. The maximum Gasteiger partial charge on any atom is 0.325 e. The molecule has 3 aromatic rings. The van der Waals surface area contributed by atoms with Gasteiger partial charge in [0.2, 0.25) is 0 Å². The van der Waals surface area contributed by atoms with Gasteiger partial charge in [0.1, 0.15) is 6.54 Å². The first kappa shape index (κ1) is 20.6. The molecule has 0 aliphatic rings. The minimum absolute atomic E-state index is 0.0303. The van der Waals surface area contributed by atoms with E-state index >= 15 is 0 Å². The average Bonchev–Trinajstić information content (AvgIpc) is 3.04. The highest BCUT2D eigenvalue weighted by molar-refractivity contribution is 7.16. The van der Waals surface area contributed by atoms with E-state index in [-0.39, 0.29) is 6.54 Å². The first-order valence-corrected chi connectivity index (χ1v) is 9.68. The molecule has 0 saturated carbocycles. The zero-order chi connectivity index (χ0) is 21.1. The molecule has 0 saturated heterocycles. The van der Waals surface area contributed by atoms with Crippen LogP contribution >= 0.6 is 11.3 Å². The molecule has 1 amide bonds. The van der Waals surface area contributed by atoms with Crippen LogP contribution in [-0.2, 0) is 16.1 Å². The molecular formula is C21H22N2O5S. The molecule has 3 rings (SSSR count). The van der Waals surface area contributed by atoms with Gasteiger partial charge < -0.3 is 18.8 Å². The SMILES string of the molecule is COC(=O)Cn1c(=NC(=O)c2ccc(OC)c(OC)c2)sc2c(C)cc(C)cc21. The molecule has 152 valence electrons. The van der Waals surface area contributed by atoms with Crippen molar-refractivity contribution in [1.82, 2.24) is 4.57 Å². The van der Waals surface area contributed by atoms with Crippen molar-refractivity contribution >= 4 is 33.4 Å². The maximum atomic E-state index is 12.8. The predicted octanol–water partition coefficient (Wildman–Crippen LogP) is 3.25. The summed E-state index contributed by atoms with van der Waals surface area (Å²) >= 11 is 1.36. The minimum atomic E-state index is -0.439. The third-order valence-electron chi connectivity index (χ3n) is 4.46. The van der Waals surface area contributed by atoms with E-state index in [1.807, 2.05) is 19.9 Å². The second kappa shape index (κ2) is 8.48. The van der Waals surface area contributed by atoms with Crippen LogP contribution in [0.1, 0.15) is 21.5 Å². The Balaban J connectivity index is 2.16. The molecule has 0 bridgehead atoms. The third kappa shape index (κ3) is 4.17. The van der Waals surface area contributed by atoms with Gasteiger partial charge in [-0.3, -0.25) is 9.59 Å². The van der Waals surface area contributed by atoms with Gasteiger partial charge in [-0.2, -0.15) is 4.99 Å². The first-order valence-electron chi connectivity index (χ1n) is 8.86. The number of carbonyl (C=O) groups is 2. The van der Waals surface area contributed by atoms with E-state index in [0.717, 1.165) is 21.3 Å². The lowest BCUT2D eigenvalue weighted by atomic mass is 10.1. The van der Waals surface area contributed by atoms with E-state index in [4.69, 9.17) is 14.2 Å². The van der Waals surface area contributed by atoms with Crippen LogP contribution in [0.4, 0.5) is 0 Å². The number of aryl methyl sites for hydroxylation is 2. The fraction of sp³-hybridized carbons (Fsp3) is 0.286. The molecule has 0 fully saturated rings. The number of nitrogens with zero attached hydrogens (tertiary/aromatic N) is 2. The predicted molar refractivity (Wildman–Crippen MR) is 111 cm³/mol. The summed E-state index contributed by atoms with van der Waals surface area (Å²) in [5.41, 5.74) is 3.32. The van der Waals surface area contributed by atoms with E-state index in [0.29, 0.717) is 21.9 Å². The molecule has 0 aliphatic heterocycles. The maximum absolute atomic E-state index is 12.8. The van der Waals surface area contributed by atoms with Gasteiger partial charge in [0.25, 0.3) is 5.91 Å². The van der Waals surface area contributed by atoms with Crippen molar-refractivity contribution in [3.63, 3.8) is 0 Å². The molecule has 0 radical (unpaired) electrons. The topological polar surface area (TPSA) is 79.1 Å². The number of hydrogen-bond donors (Lipinski definition) is 0. The van der Waals surface area contributed by atoms with Crippen molar-refractivity contribution in [2.45, 2.75) is 20.4 Å².